The molecule has 0 saturated carbocycles. The number of hydrogen-bond acceptors (Lipinski definition) is 3. The Morgan fingerprint density at radius 3 is 2.43 bits per heavy atom. The Hall–Kier alpha value is -2.18. The predicted molar refractivity (Wildman–Crippen MR) is 72.8 cm³/mol. The number of halogens is 2. The van der Waals surface area contributed by atoms with Gasteiger partial charge in [-0.05, 0) is 32.9 Å². The summed E-state index contributed by atoms with van der Waals surface area (Å²) in [5.41, 5.74) is -0.393. The lowest BCUT2D eigenvalue weighted by atomic mass is 10.1. The smallest absolute Gasteiger partial charge is 0.258 e. The molecule has 21 heavy (non-hydrogen) atoms. The van der Waals surface area contributed by atoms with Crippen LogP contribution in [0.15, 0.2) is 18.2 Å². The van der Waals surface area contributed by atoms with E-state index in [0.29, 0.717) is 6.07 Å². The fraction of sp³-hybridized carbons (Fsp3) is 0.429. The van der Waals surface area contributed by atoms with Crippen LogP contribution in [0.4, 0.5) is 8.78 Å². The maximum atomic E-state index is 13.2. The fourth-order valence-corrected chi connectivity index (χ4v) is 1.43. The zero-order valence-electron chi connectivity index (χ0n) is 12.1. The highest BCUT2D eigenvalue weighted by atomic mass is 19.1. The van der Waals surface area contributed by atoms with Gasteiger partial charge < -0.3 is 15.4 Å². The number of amides is 2. The van der Waals surface area contributed by atoms with Crippen molar-refractivity contribution in [3.63, 3.8) is 0 Å². The van der Waals surface area contributed by atoms with Gasteiger partial charge in [0.15, 0.2) is 18.2 Å². The van der Waals surface area contributed by atoms with Gasteiger partial charge in [0.1, 0.15) is 5.82 Å². The van der Waals surface area contributed by atoms with E-state index in [4.69, 9.17) is 4.74 Å². The third-order valence-electron chi connectivity index (χ3n) is 2.21. The average Bonchev–Trinajstić information content (AvgIpc) is 2.33. The Morgan fingerprint density at radius 2 is 1.86 bits per heavy atom. The second-order valence-corrected chi connectivity index (χ2v) is 5.44. The highest BCUT2D eigenvalue weighted by Gasteiger charge is 2.14. The molecule has 0 unspecified atom stereocenters. The van der Waals surface area contributed by atoms with E-state index >= 15 is 0 Å². The Morgan fingerprint density at radius 1 is 1.19 bits per heavy atom. The van der Waals surface area contributed by atoms with E-state index in [0.717, 1.165) is 12.1 Å². The van der Waals surface area contributed by atoms with E-state index in [1.165, 1.54) is 0 Å². The van der Waals surface area contributed by atoms with Gasteiger partial charge in [-0.15, -0.1) is 0 Å². The molecule has 0 radical (unpaired) electrons. The number of rotatable bonds is 5. The highest BCUT2D eigenvalue weighted by Crippen LogP contribution is 2.17. The van der Waals surface area contributed by atoms with E-state index in [9.17, 15) is 18.4 Å². The summed E-state index contributed by atoms with van der Waals surface area (Å²) < 4.78 is 30.8. The van der Waals surface area contributed by atoms with Crippen molar-refractivity contribution in [1.82, 2.24) is 10.6 Å². The molecule has 1 aromatic rings. The first-order valence-corrected chi connectivity index (χ1v) is 6.33. The van der Waals surface area contributed by atoms with Crippen LogP contribution in [-0.4, -0.2) is 30.5 Å². The van der Waals surface area contributed by atoms with Crippen LogP contribution in [0.2, 0.25) is 0 Å². The summed E-state index contributed by atoms with van der Waals surface area (Å²) in [4.78, 5) is 22.9. The van der Waals surface area contributed by atoms with E-state index in [1.807, 2.05) is 20.8 Å². The minimum absolute atomic E-state index is 0.203. The molecule has 0 heterocycles. The molecule has 116 valence electrons. The first kappa shape index (κ1) is 16.9. The number of carbonyl (C=O) groups excluding carboxylic acids is 2. The molecule has 2 amide bonds. The second kappa shape index (κ2) is 7.01. The van der Waals surface area contributed by atoms with Gasteiger partial charge in [-0.2, -0.15) is 0 Å². The number of nitrogens with one attached hydrogen (secondary N) is 2. The molecule has 0 bridgehead atoms. The largest absolute Gasteiger partial charge is 0.481 e. The lowest BCUT2D eigenvalue weighted by Crippen LogP contribution is -2.46. The van der Waals surface area contributed by atoms with Gasteiger partial charge in [0.2, 0.25) is 5.91 Å². The zero-order valence-corrected chi connectivity index (χ0v) is 12.1. The highest BCUT2D eigenvalue weighted by molar-refractivity contribution is 5.85. The maximum absolute atomic E-state index is 13.2. The van der Waals surface area contributed by atoms with Gasteiger partial charge in [0.25, 0.3) is 5.91 Å². The van der Waals surface area contributed by atoms with Crippen LogP contribution in [0.3, 0.4) is 0 Å². The first-order valence-electron chi connectivity index (χ1n) is 6.33. The van der Waals surface area contributed by atoms with E-state index < -0.39 is 29.7 Å². The van der Waals surface area contributed by atoms with E-state index in [1.54, 1.807) is 0 Å². The summed E-state index contributed by atoms with van der Waals surface area (Å²) >= 11 is 0. The summed E-state index contributed by atoms with van der Waals surface area (Å²) in [6, 6.07) is 2.77. The summed E-state index contributed by atoms with van der Waals surface area (Å²) in [6.45, 7) is 4.77. The molecule has 0 atom stereocenters. The summed E-state index contributed by atoms with van der Waals surface area (Å²) in [5.74, 6) is -2.78. The topological polar surface area (TPSA) is 67.4 Å². The van der Waals surface area contributed by atoms with Gasteiger partial charge in [0, 0.05) is 11.6 Å². The third kappa shape index (κ3) is 6.69. The van der Waals surface area contributed by atoms with Crippen LogP contribution in [0.1, 0.15) is 20.8 Å². The molecule has 0 aliphatic heterocycles. The Labute approximate surface area is 121 Å². The van der Waals surface area contributed by atoms with Gasteiger partial charge in [-0.3, -0.25) is 9.59 Å². The lowest BCUT2D eigenvalue weighted by molar-refractivity contribution is -0.127. The van der Waals surface area contributed by atoms with E-state index in [2.05, 4.69) is 10.6 Å². The Bertz CT molecular complexity index is 527. The maximum Gasteiger partial charge on any atom is 0.258 e. The normalized spacial score (nSPS) is 10.9. The van der Waals surface area contributed by atoms with Crippen LogP contribution in [0, 0.1) is 11.6 Å². The molecular weight excluding hydrogens is 282 g/mol. The lowest BCUT2D eigenvalue weighted by Gasteiger charge is -2.20. The molecule has 1 aromatic carbocycles. The third-order valence-corrected chi connectivity index (χ3v) is 2.21. The molecule has 0 aliphatic carbocycles. The van der Waals surface area contributed by atoms with Crippen LogP contribution < -0.4 is 15.4 Å². The molecular formula is C14H18F2N2O3. The quantitative estimate of drug-likeness (QED) is 0.863. The standard InChI is InChI=1S/C14H18F2N2O3/c1-14(2,3)18-12(19)7-17-13(20)8-21-11-5-4-9(15)6-10(11)16/h4-6H,7-8H2,1-3H3,(H,17,20)(H,18,19). The first-order chi connectivity index (χ1) is 9.67. The van der Waals surface area contributed by atoms with Gasteiger partial charge >= 0.3 is 0 Å². The Kier molecular flexibility index (Phi) is 5.63. The van der Waals surface area contributed by atoms with E-state index in [-0.39, 0.29) is 18.2 Å². The molecule has 0 saturated heterocycles. The van der Waals surface area contributed by atoms with Crippen molar-refractivity contribution in [2.75, 3.05) is 13.2 Å². The van der Waals surface area contributed by atoms with Crippen molar-refractivity contribution in [1.29, 1.82) is 0 Å². The molecule has 1 rings (SSSR count). The van der Waals surface area contributed by atoms with Crippen LogP contribution in [0.25, 0.3) is 0 Å². The zero-order chi connectivity index (χ0) is 16.0. The molecule has 5 nitrogen and oxygen atoms in total. The van der Waals surface area contributed by atoms with Gasteiger partial charge in [-0.25, -0.2) is 8.78 Å². The number of carbonyl (C=O) groups is 2. The van der Waals surface area contributed by atoms with Crippen molar-refractivity contribution in [3.8, 4) is 5.75 Å². The number of benzene rings is 1. The van der Waals surface area contributed by atoms with Crippen LogP contribution in [-0.2, 0) is 9.59 Å². The molecule has 0 aliphatic rings. The van der Waals surface area contributed by atoms with Crippen LogP contribution in [0.5, 0.6) is 5.75 Å². The minimum Gasteiger partial charge on any atom is -0.481 e. The molecule has 7 heteroatoms. The Balaban J connectivity index is 2.36. The SMILES string of the molecule is CC(C)(C)NC(=O)CNC(=O)COc1ccc(F)cc1F. The predicted octanol–water partition coefficient (Wildman–Crippen LogP) is 1.37. The van der Waals surface area contributed by atoms with Crippen LogP contribution >= 0.6 is 0 Å². The fourth-order valence-electron chi connectivity index (χ4n) is 1.43. The van der Waals surface area contributed by atoms with Gasteiger partial charge in [-0.1, -0.05) is 0 Å². The van der Waals surface area contributed by atoms with Crippen molar-refractivity contribution < 1.29 is 23.1 Å². The summed E-state index contributed by atoms with van der Waals surface area (Å²) in [6.07, 6.45) is 0. The number of hydrogen-bond donors (Lipinski definition) is 2. The summed E-state index contributed by atoms with van der Waals surface area (Å²) in [5, 5.41) is 5.00. The van der Waals surface area contributed by atoms with Crippen molar-refractivity contribution >= 4 is 11.8 Å². The molecule has 2 N–H and O–H groups in total. The molecule has 0 aromatic heterocycles. The van der Waals surface area contributed by atoms with Crippen molar-refractivity contribution in [3.05, 3.63) is 29.8 Å². The minimum atomic E-state index is -0.895. The van der Waals surface area contributed by atoms with Crippen molar-refractivity contribution in [2.24, 2.45) is 0 Å². The average molecular weight is 300 g/mol. The van der Waals surface area contributed by atoms with Crippen molar-refractivity contribution in [2.45, 2.75) is 26.3 Å². The molecule has 0 spiro atoms. The molecule has 0 fully saturated rings. The summed E-state index contributed by atoms with van der Waals surface area (Å²) in [7, 11) is 0. The second-order valence-electron chi connectivity index (χ2n) is 5.44. The van der Waals surface area contributed by atoms with Gasteiger partial charge in [0.05, 0.1) is 6.54 Å². The monoisotopic (exact) mass is 300 g/mol. The number of ether oxygens (including phenoxy) is 1.